The van der Waals surface area contributed by atoms with Crippen LogP contribution in [-0.2, 0) is 14.4 Å². The van der Waals surface area contributed by atoms with Crippen LogP contribution in [0.2, 0.25) is 0 Å². The quantitative estimate of drug-likeness (QED) is 0.558. The zero-order valence-corrected chi connectivity index (χ0v) is 18.5. The molecule has 4 rings (SSSR count). The molecule has 3 aromatic rings. The van der Waals surface area contributed by atoms with E-state index >= 15 is 0 Å². The molecular weight excluding hydrogens is 419 g/mol. The fraction of sp³-hybridized carbons (Fsp3) is 0.318. The SMILES string of the molecule is CC=S(C)(=O)Nc1cc(C)c2c(Nc3ccc(F)cc3OC3CCOC3)ncnc2c1. The molecule has 0 radical (unpaired) electrons. The Morgan fingerprint density at radius 3 is 2.87 bits per heavy atom. The van der Waals surface area contributed by atoms with E-state index in [9.17, 15) is 8.60 Å². The maximum atomic E-state index is 13.9. The van der Waals surface area contributed by atoms with Gasteiger partial charge in [-0.25, -0.2) is 18.6 Å². The van der Waals surface area contributed by atoms with Crippen molar-refractivity contribution < 1.29 is 18.1 Å². The number of nitrogens with zero attached hydrogens (tertiary/aromatic N) is 2. The van der Waals surface area contributed by atoms with Gasteiger partial charge in [-0.05, 0) is 49.0 Å². The molecule has 0 spiro atoms. The lowest BCUT2D eigenvalue weighted by Crippen LogP contribution is -2.16. The highest BCUT2D eigenvalue weighted by Crippen LogP contribution is 2.34. The third kappa shape index (κ3) is 4.88. The van der Waals surface area contributed by atoms with Crippen LogP contribution < -0.4 is 14.8 Å². The van der Waals surface area contributed by atoms with Crippen LogP contribution in [0.1, 0.15) is 18.9 Å². The Hall–Kier alpha value is -2.91. The largest absolute Gasteiger partial charge is 0.486 e. The van der Waals surface area contributed by atoms with Crippen LogP contribution in [0.5, 0.6) is 5.75 Å². The molecule has 0 saturated carbocycles. The summed E-state index contributed by atoms with van der Waals surface area (Å²) in [5, 5.41) is 5.73. The summed E-state index contributed by atoms with van der Waals surface area (Å²) >= 11 is 0. The summed E-state index contributed by atoms with van der Waals surface area (Å²) in [6, 6.07) is 8.10. The topological polar surface area (TPSA) is 85.4 Å². The van der Waals surface area contributed by atoms with Crippen molar-refractivity contribution in [1.82, 2.24) is 9.97 Å². The first-order valence-electron chi connectivity index (χ1n) is 9.97. The van der Waals surface area contributed by atoms with Gasteiger partial charge in [-0.3, -0.25) is 0 Å². The molecule has 1 fully saturated rings. The van der Waals surface area contributed by atoms with E-state index in [0.717, 1.165) is 17.4 Å². The van der Waals surface area contributed by atoms with Gasteiger partial charge in [0.15, 0.2) is 0 Å². The van der Waals surface area contributed by atoms with Crippen molar-refractivity contribution in [2.75, 3.05) is 29.5 Å². The fourth-order valence-corrected chi connectivity index (χ4v) is 4.15. The highest BCUT2D eigenvalue weighted by Gasteiger charge is 2.20. The number of anilines is 3. The summed E-state index contributed by atoms with van der Waals surface area (Å²) in [4.78, 5) is 8.78. The predicted octanol–water partition coefficient (Wildman–Crippen LogP) is 4.05. The van der Waals surface area contributed by atoms with Crippen molar-refractivity contribution in [2.45, 2.75) is 26.4 Å². The second-order valence-electron chi connectivity index (χ2n) is 7.52. The van der Waals surface area contributed by atoms with E-state index in [-0.39, 0.29) is 11.9 Å². The van der Waals surface area contributed by atoms with Crippen LogP contribution in [0.25, 0.3) is 10.9 Å². The molecule has 2 atom stereocenters. The monoisotopic (exact) mass is 444 g/mol. The first kappa shape index (κ1) is 21.3. The summed E-state index contributed by atoms with van der Waals surface area (Å²) < 4.78 is 40.7. The lowest BCUT2D eigenvalue weighted by molar-refractivity contribution is 0.141. The first-order valence-corrected chi connectivity index (χ1v) is 12.0. The van der Waals surface area contributed by atoms with Crippen LogP contribution in [0.15, 0.2) is 36.7 Å². The second kappa shape index (κ2) is 8.68. The number of rotatable bonds is 6. The average molecular weight is 445 g/mol. The van der Waals surface area contributed by atoms with Gasteiger partial charge in [-0.2, -0.15) is 0 Å². The molecular formula is C22H25FN4O3S. The highest BCUT2D eigenvalue weighted by molar-refractivity contribution is 8.01. The smallest absolute Gasteiger partial charge is 0.146 e. The number of nitrogens with one attached hydrogen (secondary N) is 2. The first-order chi connectivity index (χ1) is 14.8. The minimum atomic E-state index is -2.28. The lowest BCUT2D eigenvalue weighted by atomic mass is 10.1. The molecule has 0 aliphatic carbocycles. The number of benzene rings is 2. The van der Waals surface area contributed by atoms with Crippen molar-refractivity contribution in [3.05, 3.63) is 48.0 Å². The zero-order valence-electron chi connectivity index (χ0n) is 17.6. The van der Waals surface area contributed by atoms with E-state index in [1.54, 1.807) is 24.6 Å². The number of fused-ring (bicyclic) bond motifs is 1. The number of hydrogen-bond acceptors (Lipinski definition) is 6. The highest BCUT2D eigenvalue weighted by atomic mass is 32.2. The van der Waals surface area contributed by atoms with Gasteiger partial charge in [0.25, 0.3) is 0 Å². The molecule has 164 valence electrons. The Morgan fingerprint density at radius 1 is 1.29 bits per heavy atom. The molecule has 7 nitrogen and oxygen atoms in total. The van der Waals surface area contributed by atoms with E-state index < -0.39 is 9.71 Å². The van der Waals surface area contributed by atoms with Crippen LogP contribution in [0.4, 0.5) is 21.6 Å². The molecule has 2 aromatic carbocycles. The molecule has 1 aromatic heterocycles. The summed E-state index contributed by atoms with van der Waals surface area (Å²) in [6.07, 6.45) is 3.75. The summed E-state index contributed by atoms with van der Waals surface area (Å²) in [5.74, 6) is 0.602. The van der Waals surface area contributed by atoms with Crippen LogP contribution in [0, 0.1) is 12.7 Å². The number of halogens is 1. The Balaban J connectivity index is 1.70. The normalized spacial score (nSPS) is 17.9. The third-order valence-corrected chi connectivity index (χ3v) is 6.62. The molecule has 2 heterocycles. The predicted molar refractivity (Wildman–Crippen MR) is 123 cm³/mol. The molecule has 1 aliphatic rings. The molecule has 0 amide bonds. The van der Waals surface area contributed by atoms with Crippen LogP contribution in [-0.4, -0.2) is 45.1 Å². The Bertz CT molecular complexity index is 1230. The molecule has 1 saturated heterocycles. The fourth-order valence-electron chi connectivity index (χ4n) is 3.45. The van der Waals surface area contributed by atoms with Gasteiger partial charge < -0.3 is 19.5 Å². The molecule has 9 heteroatoms. The zero-order chi connectivity index (χ0) is 22.0. The van der Waals surface area contributed by atoms with Crippen molar-refractivity contribution in [3.8, 4) is 5.75 Å². The Labute approximate surface area is 181 Å². The van der Waals surface area contributed by atoms with Gasteiger partial charge >= 0.3 is 0 Å². The standard InChI is InChI=1S/C22H25FN4O3S/c1-4-31(3,28)27-16-9-14(2)21-19(11-16)24-13-25-22(21)26-18-6-5-15(23)10-20(18)30-17-7-8-29-12-17/h4-6,9-11,13,17H,7-8,12H2,1-3H3,(H,27,28)(H,24,25,26). The van der Waals surface area contributed by atoms with E-state index in [2.05, 4.69) is 20.0 Å². The second-order valence-corrected chi connectivity index (χ2v) is 10.0. The van der Waals surface area contributed by atoms with E-state index in [1.165, 1.54) is 18.5 Å². The van der Waals surface area contributed by atoms with E-state index in [0.29, 0.717) is 41.7 Å². The van der Waals surface area contributed by atoms with Gasteiger partial charge in [0, 0.05) is 39.5 Å². The third-order valence-electron chi connectivity index (χ3n) is 5.08. The summed E-state index contributed by atoms with van der Waals surface area (Å²) in [5.41, 5.74) is 2.92. The van der Waals surface area contributed by atoms with Crippen LogP contribution >= 0.6 is 0 Å². The summed E-state index contributed by atoms with van der Waals surface area (Å²) in [6.45, 7) is 4.81. The Morgan fingerprint density at radius 2 is 2.13 bits per heavy atom. The van der Waals surface area contributed by atoms with E-state index in [4.69, 9.17) is 9.47 Å². The van der Waals surface area contributed by atoms with Gasteiger partial charge in [0.05, 0.1) is 24.4 Å². The summed E-state index contributed by atoms with van der Waals surface area (Å²) in [7, 11) is -2.28. The average Bonchev–Trinajstić information content (AvgIpc) is 3.22. The molecule has 31 heavy (non-hydrogen) atoms. The van der Waals surface area contributed by atoms with Crippen molar-refractivity contribution in [1.29, 1.82) is 0 Å². The van der Waals surface area contributed by atoms with Gasteiger partial charge in [-0.1, -0.05) is 0 Å². The number of ether oxygens (including phenoxy) is 2. The maximum absolute atomic E-state index is 13.9. The van der Waals surface area contributed by atoms with Crippen molar-refractivity contribution in [3.63, 3.8) is 0 Å². The van der Waals surface area contributed by atoms with Crippen molar-refractivity contribution in [2.24, 2.45) is 0 Å². The molecule has 1 aliphatic heterocycles. The number of hydrogen-bond donors (Lipinski definition) is 2. The molecule has 0 bridgehead atoms. The van der Waals surface area contributed by atoms with E-state index in [1.807, 2.05) is 19.1 Å². The maximum Gasteiger partial charge on any atom is 0.146 e. The number of aromatic nitrogens is 2. The van der Waals surface area contributed by atoms with Crippen LogP contribution in [0.3, 0.4) is 0 Å². The lowest BCUT2D eigenvalue weighted by Gasteiger charge is -2.18. The van der Waals surface area contributed by atoms with Gasteiger partial charge in [0.2, 0.25) is 0 Å². The molecule has 2 N–H and O–H groups in total. The van der Waals surface area contributed by atoms with Gasteiger partial charge in [0.1, 0.15) is 29.8 Å². The Kier molecular flexibility index (Phi) is 5.97. The minimum Gasteiger partial charge on any atom is -0.486 e. The minimum absolute atomic E-state index is 0.112. The van der Waals surface area contributed by atoms with Gasteiger partial charge in [-0.15, -0.1) is 0 Å². The molecule has 2 unspecified atom stereocenters. The van der Waals surface area contributed by atoms with Crippen molar-refractivity contribution >= 4 is 43.2 Å². The number of aryl methyl sites for hydroxylation is 1.